The van der Waals surface area contributed by atoms with E-state index in [4.69, 9.17) is 10.5 Å². The van der Waals surface area contributed by atoms with Gasteiger partial charge in [0.25, 0.3) is 0 Å². The molecule has 0 atom stereocenters. The Bertz CT molecular complexity index is 477. The zero-order valence-corrected chi connectivity index (χ0v) is 11.3. The van der Waals surface area contributed by atoms with Gasteiger partial charge in [-0.05, 0) is 38.8 Å². The molecule has 18 heavy (non-hydrogen) atoms. The Morgan fingerprint density at radius 2 is 1.89 bits per heavy atom. The zero-order valence-electron chi connectivity index (χ0n) is 11.3. The second-order valence-corrected chi connectivity index (χ2v) is 5.15. The third kappa shape index (κ3) is 3.79. The highest BCUT2D eigenvalue weighted by molar-refractivity contribution is 5.58. The number of hydrogen-bond donors (Lipinski definition) is 0. The monoisotopic (exact) mass is 241 g/mol. The molecule has 0 heterocycles. The minimum absolute atomic E-state index is 0.268. The lowest BCUT2D eigenvalue weighted by molar-refractivity contribution is 0.436. The van der Waals surface area contributed by atoms with E-state index in [9.17, 15) is 0 Å². The summed E-state index contributed by atoms with van der Waals surface area (Å²) in [5, 5.41) is 18.0. The number of anilines is 1. The van der Waals surface area contributed by atoms with Crippen LogP contribution < -0.4 is 4.90 Å². The smallest absolute Gasteiger partial charge is 0.101 e. The van der Waals surface area contributed by atoms with Crippen molar-refractivity contribution in [2.24, 2.45) is 5.41 Å². The number of benzene rings is 1. The van der Waals surface area contributed by atoms with Crippen molar-refractivity contribution in [1.29, 1.82) is 10.5 Å². The van der Waals surface area contributed by atoms with E-state index in [1.54, 1.807) is 0 Å². The Morgan fingerprint density at radius 3 is 2.50 bits per heavy atom. The van der Waals surface area contributed by atoms with Crippen LogP contribution in [0.25, 0.3) is 0 Å². The first-order valence-electron chi connectivity index (χ1n) is 6.12. The van der Waals surface area contributed by atoms with Crippen molar-refractivity contribution in [1.82, 2.24) is 0 Å². The third-order valence-electron chi connectivity index (χ3n) is 3.03. The average Bonchev–Trinajstić information content (AvgIpc) is 2.38. The molecular weight excluding hydrogens is 222 g/mol. The number of nitriles is 2. The molecule has 0 aliphatic rings. The molecule has 0 saturated heterocycles. The summed E-state index contributed by atoms with van der Waals surface area (Å²) < 4.78 is 0. The second-order valence-electron chi connectivity index (χ2n) is 5.15. The molecule has 0 fully saturated rings. The highest BCUT2D eigenvalue weighted by atomic mass is 15.1. The number of nitrogens with zero attached hydrogens (tertiary/aromatic N) is 3. The van der Waals surface area contributed by atoms with Crippen molar-refractivity contribution >= 4 is 5.69 Å². The van der Waals surface area contributed by atoms with Crippen molar-refractivity contribution in [2.45, 2.75) is 26.7 Å². The molecule has 0 radical (unpaired) electrons. The predicted molar refractivity (Wildman–Crippen MR) is 73.1 cm³/mol. The molecule has 0 aliphatic carbocycles. The van der Waals surface area contributed by atoms with E-state index in [1.165, 1.54) is 0 Å². The predicted octanol–water partition coefficient (Wildman–Crippen LogP) is 3.32. The molecule has 0 spiro atoms. The Morgan fingerprint density at radius 1 is 1.22 bits per heavy atom. The third-order valence-corrected chi connectivity index (χ3v) is 3.03. The lowest BCUT2D eigenvalue weighted by atomic mass is 9.90. The van der Waals surface area contributed by atoms with Crippen LogP contribution >= 0.6 is 0 Å². The normalized spacial score (nSPS) is 10.5. The van der Waals surface area contributed by atoms with E-state index < -0.39 is 0 Å². The molecule has 0 aliphatic heterocycles. The fourth-order valence-electron chi connectivity index (χ4n) is 1.84. The summed E-state index contributed by atoms with van der Waals surface area (Å²) in [6, 6.07) is 12.1. The largest absolute Gasteiger partial charge is 0.374 e. The Balaban J connectivity index is 2.59. The van der Waals surface area contributed by atoms with E-state index in [-0.39, 0.29) is 5.41 Å². The lowest BCUT2D eigenvalue weighted by Gasteiger charge is -2.22. The number of hydrogen-bond acceptors (Lipinski definition) is 3. The van der Waals surface area contributed by atoms with E-state index >= 15 is 0 Å². The van der Waals surface area contributed by atoms with Crippen molar-refractivity contribution in [3.8, 4) is 12.1 Å². The van der Waals surface area contributed by atoms with Crippen molar-refractivity contribution in [3.63, 3.8) is 0 Å². The molecule has 0 aromatic heterocycles. The van der Waals surface area contributed by atoms with Gasteiger partial charge < -0.3 is 4.90 Å². The molecule has 1 rings (SSSR count). The van der Waals surface area contributed by atoms with Crippen molar-refractivity contribution in [3.05, 3.63) is 29.8 Å². The van der Waals surface area contributed by atoms with Gasteiger partial charge in [-0.1, -0.05) is 12.1 Å². The lowest BCUT2D eigenvalue weighted by Crippen LogP contribution is -2.21. The van der Waals surface area contributed by atoms with Gasteiger partial charge in [-0.25, -0.2) is 0 Å². The van der Waals surface area contributed by atoms with Gasteiger partial charge in [0, 0.05) is 13.6 Å². The van der Waals surface area contributed by atoms with Crippen LogP contribution in [0.4, 0.5) is 5.69 Å². The SMILES string of the molecule is CN(CCCC(C)(C)C#N)c1ccccc1C#N. The first-order valence-corrected chi connectivity index (χ1v) is 6.12. The zero-order chi connectivity index (χ0) is 13.6. The quantitative estimate of drug-likeness (QED) is 0.794. The standard InChI is InChI=1S/C15H19N3/c1-15(2,12-17)9-6-10-18(3)14-8-5-4-7-13(14)11-16/h4-5,7-8H,6,9-10H2,1-3H3. The molecule has 0 N–H and O–H groups in total. The maximum absolute atomic E-state index is 9.04. The summed E-state index contributed by atoms with van der Waals surface area (Å²) in [4.78, 5) is 2.08. The van der Waals surface area contributed by atoms with Crippen LogP contribution in [0.5, 0.6) is 0 Å². The molecule has 3 nitrogen and oxygen atoms in total. The Hall–Kier alpha value is -2.00. The van der Waals surface area contributed by atoms with Crippen LogP contribution in [0.3, 0.4) is 0 Å². The fourth-order valence-corrected chi connectivity index (χ4v) is 1.84. The van der Waals surface area contributed by atoms with Crippen molar-refractivity contribution in [2.75, 3.05) is 18.5 Å². The Kier molecular flexibility index (Phi) is 4.75. The summed E-state index contributed by atoms with van der Waals surface area (Å²) in [6.07, 6.45) is 1.80. The summed E-state index contributed by atoms with van der Waals surface area (Å²) in [5.74, 6) is 0. The molecule has 0 amide bonds. The molecule has 94 valence electrons. The first kappa shape index (κ1) is 14.1. The van der Waals surface area contributed by atoms with Gasteiger partial charge >= 0.3 is 0 Å². The fraction of sp³-hybridized carbons (Fsp3) is 0.467. The maximum atomic E-state index is 9.04. The topological polar surface area (TPSA) is 50.8 Å². The maximum Gasteiger partial charge on any atom is 0.101 e. The number of para-hydroxylation sites is 1. The summed E-state index contributed by atoms with van der Waals surface area (Å²) in [7, 11) is 1.98. The highest BCUT2D eigenvalue weighted by Gasteiger charge is 2.16. The minimum Gasteiger partial charge on any atom is -0.374 e. The molecule has 0 bridgehead atoms. The van der Waals surface area contributed by atoms with Gasteiger partial charge in [0.2, 0.25) is 0 Å². The van der Waals surface area contributed by atoms with Crippen LogP contribution in [0.15, 0.2) is 24.3 Å². The van der Waals surface area contributed by atoms with Crippen LogP contribution in [-0.2, 0) is 0 Å². The van der Waals surface area contributed by atoms with E-state index in [0.29, 0.717) is 5.56 Å². The summed E-state index contributed by atoms with van der Waals surface area (Å²) in [5.41, 5.74) is 1.38. The molecule has 0 unspecified atom stereocenters. The molecule has 1 aromatic rings. The van der Waals surface area contributed by atoms with Crippen LogP contribution in [-0.4, -0.2) is 13.6 Å². The van der Waals surface area contributed by atoms with Gasteiger partial charge in [0.1, 0.15) is 6.07 Å². The van der Waals surface area contributed by atoms with Gasteiger partial charge in [0.05, 0.1) is 22.7 Å². The molecular formula is C15H19N3. The molecule has 3 heteroatoms. The van der Waals surface area contributed by atoms with E-state index in [1.807, 2.05) is 45.2 Å². The molecule has 0 saturated carbocycles. The van der Waals surface area contributed by atoms with Crippen LogP contribution in [0, 0.1) is 28.1 Å². The minimum atomic E-state index is -0.268. The Labute approximate surface area is 109 Å². The van der Waals surface area contributed by atoms with Gasteiger partial charge in [-0.2, -0.15) is 10.5 Å². The van der Waals surface area contributed by atoms with Crippen molar-refractivity contribution < 1.29 is 0 Å². The average molecular weight is 241 g/mol. The van der Waals surface area contributed by atoms with Crippen LogP contribution in [0.1, 0.15) is 32.3 Å². The van der Waals surface area contributed by atoms with Gasteiger partial charge in [-0.3, -0.25) is 0 Å². The van der Waals surface area contributed by atoms with E-state index in [0.717, 1.165) is 25.1 Å². The summed E-state index contributed by atoms with van der Waals surface area (Å²) in [6.45, 7) is 4.76. The number of rotatable bonds is 5. The molecule has 1 aromatic carbocycles. The summed E-state index contributed by atoms with van der Waals surface area (Å²) >= 11 is 0. The first-order chi connectivity index (χ1) is 8.50. The van der Waals surface area contributed by atoms with Gasteiger partial charge in [-0.15, -0.1) is 0 Å². The highest BCUT2D eigenvalue weighted by Crippen LogP contribution is 2.23. The van der Waals surface area contributed by atoms with E-state index in [2.05, 4.69) is 17.0 Å². The van der Waals surface area contributed by atoms with Crippen LogP contribution in [0.2, 0.25) is 0 Å². The van der Waals surface area contributed by atoms with Gasteiger partial charge in [0.15, 0.2) is 0 Å². The second kappa shape index (κ2) is 6.07.